The Morgan fingerprint density at radius 3 is 2.06 bits per heavy atom. The molecule has 2 aromatic rings. The van der Waals surface area contributed by atoms with Crippen LogP contribution in [0.25, 0.3) is 0 Å². The monoisotopic (exact) mass is 737 g/mol. The summed E-state index contributed by atoms with van der Waals surface area (Å²) in [5.74, 6) is -1.28. The number of nitrogens with zero attached hydrogens (tertiary/aromatic N) is 5. The second-order valence-corrected chi connectivity index (χ2v) is 15.4. The first-order chi connectivity index (χ1) is 24.9. The van der Waals surface area contributed by atoms with Crippen molar-refractivity contribution < 1.29 is 38.8 Å². The predicted molar refractivity (Wildman–Crippen MR) is 190 cm³/mol. The van der Waals surface area contributed by atoms with Gasteiger partial charge < -0.3 is 29.3 Å². The van der Waals surface area contributed by atoms with Crippen LogP contribution in [0.3, 0.4) is 0 Å². The fourth-order valence-corrected chi connectivity index (χ4v) is 9.24. The summed E-state index contributed by atoms with van der Waals surface area (Å²) < 4.78 is 11.1. The number of hydrogen-bond acceptors (Lipinski definition) is 12. The van der Waals surface area contributed by atoms with Gasteiger partial charge in [0.1, 0.15) is 18.9 Å². The van der Waals surface area contributed by atoms with Crippen molar-refractivity contribution in [3.63, 3.8) is 0 Å². The molecule has 0 aliphatic carbocycles. The van der Waals surface area contributed by atoms with Crippen LogP contribution in [0.2, 0.25) is 0 Å². The SMILES string of the molecule is C[C@@H](O)[C@H]1C(=O)N2C(C(=O)OCc3ccc([N+](=O)[O-])cc3)=C(S[C@@H]3CCCN(CC4CCN(C(=O)OCc5ccc([N+](=O)[O-])cc5)CC4)C3)[C@H](C)[C@H]12. The normalized spacial score (nSPS) is 24.2. The molecule has 3 saturated heterocycles. The molecule has 4 aliphatic rings. The standard InChI is InChI=1S/C36H43N5O10S/c1-22-31-30(23(2)42)34(43)39(31)32(35(44)50-20-25-5-9-27(10-6-25)40(46)47)33(22)52-29-4-3-15-37(19-29)18-24-13-16-38(17-14-24)36(45)51-21-26-7-11-28(12-8-26)41(48)49/h5-12,22-24,29-31,42H,3-4,13-21H2,1-2H3/t22-,23-,29-,30-,31-/m1/s1. The molecule has 0 aromatic heterocycles. The number of aliphatic hydroxyl groups is 1. The summed E-state index contributed by atoms with van der Waals surface area (Å²) in [6.07, 6.45) is 2.36. The van der Waals surface area contributed by atoms with E-state index in [2.05, 4.69) is 4.90 Å². The van der Waals surface area contributed by atoms with Gasteiger partial charge in [0, 0.05) is 66.5 Å². The van der Waals surface area contributed by atoms with Crippen LogP contribution in [-0.2, 0) is 32.3 Å². The molecule has 2 aromatic carbocycles. The summed E-state index contributed by atoms with van der Waals surface area (Å²) in [5, 5.41) is 32.5. The molecule has 1 N–H and O–H groups in total. The summed E-state index contributed by atoms with van der Waals surface area (Å²) in [4.78, 5) is 66.9. The van der Waals surface area contributed by atoms with Gasteiger partial charge in [0.05, 0.1) is 27.9 Å². The Morgan fingerprint density at radius 1 is 0.923 bits per heavy atom. The van der Waals surface area contributed by atoms with Gasteiger partial charge in [-0.15, -0.1) is 11.8 Å². The van der Waals surface area contributed by atoms with Crippen LogP contribution in [0.5, 0.6) is 0 Å². The summed E-state index contributed by atoms with van der Waals surface area (Å²) in [6, 6.07) is 11.4. The highest BCUT2D eigenvalue weighted by molar-refractivity contribution is 8.03. The summed E-state index contributed by atoms with van der Waals surface area (Å²) in [7, 11) is 0. The number of carbonyl (C=O) groups is 3. The highest BCUT2D eigenvalue weighted by atomic mass is 32.2. The quantitative estimate of drug-likeness (QED) is 0.135. The number of benzene rings is 2. The Balaban J connectivity index is 1.03. The van der Waals surface area contributed by atoms with Gasteiger partial charge in [-0.25, -0.2) is 9.59 Å². The molecule has 52 heavy (non-hydrogen) atoms. The fourth-order valence-electron chi connectivity index (χ4n) is 7.67. The smallest absolute Gasteiger partial charge is 0.410 e. The van der Waals surface area contributed by atoms with E-state index in [9.17, 15) is 39.7 Å². The topological polar surface area (TPSA) is 186 Å². The Bertz CT molecular complexity index is 1710. The molecule has 4 aliphatic heterocycles. The molecule has 4 heterocycles. The van der Waals surface area contributed by atoms with E-state index in [1.54, 1.807) is 35.7 Å². The highest BCUT2D eigenvalue weighted by Gasteiger charge is 2.60. The first kappa shape index (κ1) is 37.2. The Labute approximate surface area is 305 Å². The van der Waals surface area contributed by atoms with Crippen molar-refractivity contribution in [1.82, 2.24) is 14.7 Å². The van der Waals surface area contributed by atoms with E-state index in [1.807, 2.05) is 6.92 Å². The van der Waals surface area contributed by atoms with Crippen LogP contribution in [0, 0.1) is 38.0 Å². The summed E-state index contributed by atoms with van der Waals surface area (Å²) >= 11 is 1.62. The number of thioether (sulfide) groups is 1. The van der Waals surface area contributed by atoms with Crippen LogP contribution >= 0.6 is 11.8 Å². The number of non-ortho nitro benzene ring substituents is 2. The zero-order valence-electron chi connectivity index (χ0n) is 29.1. The first-order valence-electron chi connectivity index (χ1n) is 17.6. The number of amides is 2. The van der Waals surface area contributed by atoms with Gasteiger partial charge in [-0.2, -0.15) is 0 Å². The average molecular weight is 738 g/mol. The number of aliphatic hydroxyl groups excluding tert-OH is 1. The van der Waals surface area contributed by atoms with Crippen LogP contribution in [0.1, 0.15) is 50.7 Å². The van der Waals surface area contributed by atoms with Gasteiger partial charge in [0.15, 0.2) is 0 Å². The number of ether oxygens (including phenoxy) is 2. The predicted octanol–water partition coefficient (Wildman–Crippen LogP) is 4.86. The maximum Gasteiger partial charge on any atom is 0.410 e. The molecule has 2 amide bonds. The molecule has 0 saturated carbocycles. The third-order valence-corrected chi connectivity index (χ3v) is 12.0. The maximum absolute atomic E-state index is 13.6. The number of rotatable bonds is 12. The van der Waals surface area contributed by atoms with Crippen molar-refractivity contribution in [2.75, 3.05) is 32.7 Å². The molecule has 0 radical (unpaired) electrons. The summed E-state index contributed by atoms with van der Waals surface area (Å²) in [6.45, 7) is 7.34. The zero-order chi connectivity index (χ0) is 37.1. The second-order valence-electron chi connectivity index (χ2n) is 14.0. The Morgan fingerprint density at radius 2 is 1.50 bits per heavy atom. The molecule has 278 valence electrons. The largest absolute Gasteiger partial charge is 0.456 e. The number of β-lactam (4-membered cyclic amide) rings is 1. The van der Waals surface area contributed by atoms with E-state index < -0.39 is 33.9 Å². The molecular formula is C36H43N5O10S. The maximum atomic E-state index is 13.6. The fraction of sp³-hybridized carbons (Fsp3) is 0.528. The number of carbonyl (C=O) groups excluding carboxylic acids is 3. The van der Waals surface area contributed by atoms with Crippen molar-refractivity contribution in [3.05, 3.63) is 90.5 Å². The number of fused-ring (bicyclic) bond motifs is 1. The van der Waals surface area contributed by atoms with Crippen molar-refractivity contribution in [2.24, 2.45) is 17.8 Å². The van der Waals surface area contributed by atoms with Crippen molar-refractivity contribution >= 4 is 41.1 Å². The second kappa shape index (κ2) is 16.0. The summed E-state index contributed by atoms with van der Waals surface area (Å²) in [5.41, 5.74) is 1.41. The molecule has 6 rings (SSSR count). The minimum atomic E-state index is -0.855. The van der Waals surface area contributed by atoms with Gasteiger partial charge in [-0.1, -0.05) is 6.92 Å². The molecule has 3 fully saturated rings. The van der Waals surface area contributed by atoms with Crippen LogP contribution in [-0.4, -0.2) is 97.7 Å². The Hall–Kier alpha value is -4.54. The van der Waals surface area contributed by atoms with Gasteiger partial charge >= 0.3 is 12.1 Å². The van der Waals surface area contributed by atoms with Gasteiger partial charge in [-0.05, 0) is 80.5 Å². The number of esters is 1. The first-order valence-corrected chi connectivity index (χ1v) is 18.5. The van der Waals surface area contributed by atoms with E-state index in [4.69, 9.17) is 9.47 Å². The number of nitro groups is 2. The van der Waals surface area contributed by atoms with Crippen LogP contribution in [0.15, 0.2) is 59.1 Å². The lowest BCUT2D eigenvalue weighted by molar-refractivity contribution is -0.385. The lowest BCUT2D eigenvalue weighted by atomic mass is 9.79. The van der Waals surface area contributed by atoms with Gasteiger partial charge in [-0.3, -0.25) is 25.0 Å². The molecular weight excluding hydrogens is 694 g/mol. The van der Waals surface area contributed by atoms with Crippen molar-refractivity contribution in [2.45, 2.75) is 70.1 Å². The number of piperidine rings is 2. The molecule has 0 spiro atoms. The molecule has 0 bridgehead atoms. The van der Waals surface area contributed by atoms with E-state index in [-0.39, 0.29) is 53.4 Å². The minimum Gasteiger partial charge on any atom is -0.456 e. The van der Waals surface area contributed by atoms with E-state index in [1.165, 1.54) is 41.3 Å². The average Bonchev–Trinajstić information content (AvgIpc) is 3.37. The molecule has 5 atom stereocenters. The Kier molecular flexibility index (Phi) is 11.5. The van der Waals surface area contributed by atoms with Crippen molar-refractivity contribution in [1.29, 1.82) is 0 Å². The van der Waals surface area contributed by atoms with Crippen LogP contribution in [0.4, 0.5) is 16.2 Å². The van der Waals surface area contributed by atoms with Gasteiger partial charge in [0.25, 0.3) is 11.4 Å². The molecule has 15 nitrogen and oxygen atoms in total. The molecule has 16 heteroatoms. The minimum absolute atomic E-state index is 0.0172. The van der Waals surface area contributed by atoms with E-state index in [0.29, 0.717) is 30.1 Å². The van der Waals surface area contributed by atoms with Crippen molar-refractivity contribution in [3.8, 4) is 0 Å². The number of hydrogen-bond donors (Lipinski definition) is 1. The number of likely N-dealkylation sites (tertiary alicyclic amines) is 2. The third-order valence-electron chi connectivity index (χ3n) is 10.5. The number of nitro benzene ring substituents is 2. The lowest BCUT2D eigenvalue weighted by Gasteiger charge is -2.46. The van der Waals surface area contributed by atoms with E-state index in [0.717, 1.165) is 50.2 Å². The highest BCUT2D eigenvalue weighted by Crippen LogP contribution is 2.52. The van der Waals surface area contributed by atoms with E-state index >= 15 is 0 Å². The lowest BCUT2D eigenvalue weighted by Crippen LogP contribution is -2.63. The molecule has 0 unspecified atom stereocenters. The van der Waals surface area contributed by atoms with Crippen LogP contribution < -0.4 is 0 Å². The van der Waals surface area contributed by atoms with Gasteiger partial charge in [0.2, 0.25) is 5.91 Å². The third kappa shape index (κ3) is 8.08. The zero-order valence-corrected chi connectivity index (χ0v) is 29.9.